The van der Waals surface area contributed by atoms with Crippen LogP contribution in [0.1, 0.15) is 12.8 Å². The normalized spacial score (nSPS) is 24.0. The number of hydrogen-bond donors (Lipinski definition) is 0. The highest BCUT2D eigenvalue weighted by atomic mass is 29.7. The van der Waals surface area contributed by atoms with E-state index in [4.69, 9.17) is 0 Å². The fourth-order valence-electron chi connectivity index (χ4n) is 0.640. The van der Waals surface area contributed by atoms with Crippen molar-refractivity contribution in [1.29, 1.82) is 0 Å². The summed E-state index contributed by atoms with van der Waals surface area (Å²) in [5, 5.41) is 0. The molecule has 0 N–H and O–H groups in total. The molecular formula is C4H8Si4. The minimum absolute atomic E-state index is 1.34. The zero-order valence-electron chi connectivity index (χ0n) is 4.83. The molecule has 0 atom stereocenters. The molecule has 0 unspecified atom stereocenters. The van der Waals surface area contributed by atoms with Crippen molar-refractivity contribution in [2.45, 2.75) is 24.9 Å². The van der Waals surface area contributed by atoms with Crippen LogP contribution >= 0.6 is 0 Å². The van der Waals surface area contributed by atoms with E-state index in [0.29, 0.717) is 0 Å². The molecule has 0 saturated carbocycles. The Labute approximate surface area is 60.5 Å². The summed E-state index contributed by atoms with van der Waals surface area (Å²) in [6.07, 6.45) is 3.06. The Balaban J connectivity index is 2.00. The maximum atomic E-state index is 1.55. The van der Waals surface area contributed by atoms with E-state index in [0.717, 1.165) is 0 Å². The van der Waals surface area contributed by atoms with Gasteiger partial charge in [-0.1, -0.05) is 24.9 Å². The van der Waals surface area contributed by atoms with Crippen LogP contribution in [-0.2, 0) is 0 Å². The lowest BCUT2D eigenvalue weighted by Gasteiger charge is -2.03. The van der Waals surface area contributed by atoms with Crippen molar-refractivity contribution in [3.05, 3.63) is 0 Å². The minimum Gasteiger partial charge on any atom is -0.0640 e. The van der Waals surface area contributed by atoms with Gasteiger partial charge >= 0.3 is 0 Å². The molecule has 0 aromatic carbocycles. The summed E-state index contributed by atoms with van der Waals surface area (Å²) < 4.78 is 0. The number of hydrogen-bond acceptors (Lipinski definition) is 0. The van der Waals surface area contributed by atoms with Gasteiger partial charge in [-0.3, -0.25) is 0 Å². The van der Waals surface area contributed by atoms with Crippen molar-refractivity contribution in [1.82, 2.24) is 0 Å². The molecule has 0 nitrogen and oxygen atoms in total. The van der Waals surface area contributed by atoms with E-state index in [1.54, 1.807) is 12.1 Å². The Morgan fingerprint density at radius 1 is 0.750 bits per heavy atom. The molecular weight excluding hydrogens is 160 g/mol. The maximum Gasteiger partial charge on any atom is 0.0180 e. The standard InChI is InChI=1S/C4H8Si4/c1-2-4-6-8-7-5-3-1/h1-4H2. The SMILES string of the molecule is C1CC[Si][Si][Si][Si]C1. The van der Waals surface area contributed by atoms with Gasteiger partial charge in [0.1, 0.15) is 0 Å². The summed E-state index contributed by atoms with van der Waals surface area (Å²) in [7, 11) is 5.39. The first-order chi connectivity index (χ1) is 4.00. The van der Waals surface area contributed by atoms with Gasteiger partial charge in [0, 0.05) is 35.2 Å². The molecule has 4 heteroatoms. The van der Waals surface area contributed by atoms with E-state index in [9.17, 15) is 0 Å². The topological polar surface area (TPSA) is 0 Å². The molecule has 8 radical (unpaired) electrons. The molecule has 0 aromatic rings. The van der Waals surface area contributed by atoms with E-state index in [1.807, 2.05) is 0 Å². The second kappa shape index (κ2) is 4.72. The van der Waals surface area contributed by atoms with Gasteiger partial charge in [0.2, 0.25) is 0 Å². The molecule has 40 valence electrons. The van der Waals surface area contributed by atoms with Crippen LogP contribution in [0.15, 0.2) is 0 Å². The van der Waals surface area contributed by atoms with Crippen LogP contribution < -0.4 is 0 Å². The Morgan fingerprint density at radius 3 is 1.75 bits per heavy atom. The third-order valence-electron chi connectivity index (χ3n) is 1.09. The van der Waals surface area contributed by atoms with Crippen molar-refractivity contribution in [2.75, 3.05) is 0 Å². The quantitative estimate of drug-likeness (QED) is 0.453. The third-order valence-corrected chi connectivity index (χ3v) is 13.4. The van der Waals surface area contributed by atoms with Crippen LogP contribution in [-0.4, -0.2) is 35.2 Å². The van der Waals surface area contributed by atoms with Crippen molar-refractivity contribution in [3.8, 4) is 0 Å². The van der Waals surface area contributed by atoms with Crippen LogP contribution in [0.25, 0.3) is 0 Å². The first kappa shape index (κ1) is 6.98. The third kappa shape index (κ3) is 3.01. The average Bonchev–Trinajstić information content (AvgIpc) is 1.62. The number of rotatable bonds is 0. The molecule has 0 bridgehead atoms. The zero-order chi connectivity index (χ0) is 5.66. The van der Waals surface area contributed by atoms with E-state index in [-0.39, 0.29) is 0 Å². The fraction of sp³-hybridized carbons (Fsp3) is 1.00. The highest BCUT2D eigenvalue weighted by Gasteiger charge is 1.98. The summed E-state index contributed by atoms with van der Waals surface area (Å²) in [5.41, 5.74) is 0. The lowest BCUT2D eigenvalue weighted by atomic mass is 10.4. The summed E-state index contributed by atoms with van der Waals surface area (Å²) in [6.45, 7) is 0. The molecule has 1 fully saturated rings. The van der Waals surface area contributed by atoms with E-state index >= 15 is 0 Å². The summed E-state index contributed by atoms with van der Waals surface area (Å²) in [4.78, 5) is 0. The second-order valence-electron chi connectivity index (χ2n) is 1.81. The monoisotopic (exact) mass is 168 g/mol. The van der Waals surface area contributed by atoms with Crippen LogP contribution in [0.3, 0.4) is 0 Å². The minimum atomic E-state index is 1.34. The van der Waals surface area contributed by atoms with E-state index in [1.165, 1.54) is 48.0 Å². The Bertz CT molecular complexity index is 32.0. The van der Waals surface area contributed by atoms with Crippen LogP contribution in [0.2, 0.25) is 12.1 Å². The lowest BCUT2D eigenvalue weighted by Crippen LogP contribution is -2.20. The summed E-state index contributed by atoms with van der Waals surface area (Å²) >= 11 is 0. The van der Waals surface area contributed by atoms with Crippen LogP contribution in [0.5, 0.6) is 0 Å². The van der Waals surface area contributed by atoms with Crippen LogP contribution in [0, 0.1) is 0 Å². The zero-order valence-corrected chi connectivity index (χ0v) is 8.83. The molecule has 0 aliphatic carbocycles. The molecule has 0 aromatic heterocycles. The van der Waals surface area contributed by atoms with Gasteiger partial charge in [-0.25, -0.2) is 0 Å². The first-order valence-corrected chi connectivity index (χ1v) is 10.4. The van der Waals surface area contributed by atoms with Gasteiger partial charge in [-0.2, -0.15) is 0 Å². The molecule has 1 saturated heterocycles. The predicted molar refractivity (Wildman–Crippen MR) is 41.9 cm³/mol. The maximum absolute atomic E-state index is 1.55. The molecule has 0 spiro atoms. The Hall–Kier alpha value is 0.868. The van der Waals surface area contributed by atoms with E-state index in [2.05, 4.69) is 0 Å². The highest BCUT2D eigenvalue weighted by molar-refractivity contribution is 7.44. The predicted octanol–water partition coefficient (Wildman–Crippen LogP) is 0.179. The van der Waals surface area contributed by atoms with Crippen LogP contribution in [0.4, 0.5) is 0 Å². The average molecular weight is 168 g/mol. The molecule has 1 heterocycles. The van der Waals surface area contributed by atoms with Gasteiger partial charge in [0.25, 0.3) is 0 Å². The smallest absolute Gasteiger partial charge is 0.0180 e. The summed E-state index contributed by atoms with van der Waals surface area (Å²) in [6, 6.07) is 3.10. The largest absolute Gasteiger partial charge is 0.0640 e. The molecule has 1 rings (SSSR count). The van der Waals surface area contributed by atoms with E-state index < -0.39 is 0 Å². The molecule has 0 amide bonds. The van der Waals surface area contributed by atoms with Gasteiger partial charge in [0.05, 0.1) is 0 Å². The first-order valence-electron chi connectivity index (χ1n) is 2.96. The highest BCUT2D eigenvalue weighted by Crippen LogP contribution is 2.00. The van der Waals surface area contributed by atoms with Gasteiger partial charge in [-0.05, 0) is 0 Å². The Kier molecular flexibility index (Phi) is 4.12. The van der Waals surface area contributed by atoms with Crippen molar-refractivity contribution in [3.63, 3.8) is 0 Å². The van der Waals surface area contributed by atoms with Gasteiger partial charge in [-0.15, -0.1) is 0 Å². The lowest BCUT2D eigenvalue weighted by molar-refractivity contribution is 0.878. The Morgan fingerprint density at radius 2 is 1.25 bits per heavy atom. The molecule has 8 heavy (non-hydrogen) atoms. The van der Waals surface area contributed by atoms with Crippen molar-refractivity contribution in [2.24, 2.45) is 0 Å². The second-order valence-corrected chi connectivity index (χ2v) is 12.1. The van der Waals surface area contributed by atoms with Crippen molar-refractivity contribution < 1.29 is 0 Å². The van der Waals surface area contributed by atoms with Gasteiger partial charge < -0.3 is 0 Å². The molecule has 1 aliphatic heterocycles. The summed E-state index contributed by atoms with van der Waals surface area (Å²) in [5.74, 6) is 0. The fourth-order valence-corrected chi connectivity index (χ4v) is 12.9. The van der Waals surface area contributed by atoms with Gasteiger partial charge in [0.15, 0.2) is 0 Å². The molecule has 1 aliphatic rings. The van der Waals surface area contributed by atoms with Crippen molar-refractivity contribution >= 4 is 35.2 Å².